The van der Waals surface area contributed by atoms with Gasteiger partial charge in [-0.05, 0) is 18.6 Å². The standard InChI is InChI=1S/C16H19N5O3/c1-2-11(10-22)17-14(23)13-15(24)21-9-8-20(16(21)19-18-13)12-6-4-3-5-7-12/h3-7,11,22H,2,8-10H2,1H3,(H,17,23)/t11-/m0/s1. The molecule has 2 N–H and O–H groups in total. The molecule has 1 aliphatic rings. The van der Waals surface area contributed by atoms with Gasteiger partial charge < -0.3 is 15.3 Å². The predicted octanol–water partition coefficient (Wildman–Crippen LogP) is 0.291. The molecule has 0 saturated heterocycles. The lowest BCUT2D eigenvalue weighted by molar-refractivity contribution is 0.0906. The Morgan fingerprint density at radius 2 is 2.04 bits per heavy atom. The number of nitrogens with one attached hydrogen (secondary N) is 1. The fraction of sp³-hybridized carbons (Fsp3) is 0.375. The first-order chi connectivity index (χ1) is 11.7. The molecule has 0 unspecified atom stereocenters. The molecule has 0 bridgehead atoms. The SMILES string of the molecule is CC[C@@H](CO)NC(=O)c1nnc2n(c1=O)CCN2c1ccccc1. The van der Waals surface area contributed by atoms with Gasteiger partial charge in [0.2, 0.25) is 11.6 Å². The van der Waals surface area contributed by atoms with Crippen molar-refractivity contribution < 1.29 is 9.90 Å². The Kier molecular flexibility index (Phi) is 4.57. The van der Waals surface area contributed by atoms with Crippen LogP contribution in [0.5, 0.6) is 0 Å². The van der Waals surface area contributed by atoms with E-state index in [1.807, 2.05) is 42.2 Å². The largest absolute Gasteiger partial charge is 0.394 e. The number of aliphatic hydroxyl groups excluding tert-OH is 1. The molecule has 0 aliphatic carbocycles. The molecule has 3 rings (SSSR count). The van der Waals surface area contributed by atoms with Gasteiger partial charge in [0.1, 0.15) is 0 Å². The molecule has 0 spiro atoms. The Hall–Kier alpha value is -2.74. The van der Waals surface area contributed by atoms with E-state index < -0.39 is 17.5 Å². The summed E-state index contributed by atoms with van der Waals surface area (Å²) in [6.07, 6.45) is 0.559. The van der Waals surface area contributed by atoms with Crippen LogP contribution >= 0.6 is 0 Å². The Labute approximate surface area is 138 Å². The van der Waals surface area contributed by atoms with Crippen molar-refractivity contribution in [3.63, 3.8) is 0 Å². The number of rotatable bonds is 5. The number of carbonyl (C=O) groups excluding carboxylic acids is 1. The van der Waals surface area contributed by atoms with Gasteiger partial charge >= 0.3 is 0 Å². The van der Waals surface area contributed by atoms with Crippen molar-refractivity contribution in [2.24, 2.45) is 0 Å². The number of hydrogen-bond donors (Lipinski definition) is 2. The van der Waals surface area contributed by atoms with Gasteiger partial charge in [0, 0.05) is 18.8 Å². The average Bonchev–Trinajstić information content (AvgIpc) is 3.05. The van der Waals surface area contributed by atoms with Crippen LogP contribution in [0.1, 0.15) is 23.8 Å². The third-order valence-electron chi connectivity index (χ3n) is 4.05. The highest BCUT2D eigenvalue weighted by molar-refractivity contribution is 5.92. The number of carbonyl (C=O) groups is 1. The molecule has 0 fully saturated rings. The van der Waals surface area contributed by atoms with Crippen molar-refractivity contribution in [1.29, 1.82) is 0 Å². The van der Waals surface area contributed by atoms with Gasteiger partial charge in [0.05, 0.1) is 12.6 Å². The van der Waals surface area contributed by atoms with E-state index in [1.54, 1.807) is 0 Å². The first-order valence-corrected chi connectivity index (χ1v) is 7.87. The number of aromatic nitrogens is 3. The summed E-state index contributed by atoms with van der Waals surface area (Å²) in [4.78, 5) is 26.6. The van der Waals surface area contributed by atoms with E-state index in [9.17, 15) is 9.59 Å². The molecule has 1 atom stereocenters. The van der Waals surface area contributed by atoms with E-state index in [2.05, 4.69) is 15.5 Å². The van der Waals surface area contributed by atoms with E-state index in [1.165, 1.54) is 4.57 Å². The van der Waals surface area contributed by atoms with Crippen LogP contribution in [0.15, 0.2) is 35.1 Å². The topological polar surface area (TPSA) is 100 Å². The molecule has 1 amide bonds. The van der Waals surface area contributed by atoms with E-state index in [0.29, 0.717) is 25.5 Å². The summed E-state index contributed by atoms with van der Waals surface area (Å²) in [6, 6.07) is 9.18. The van der Waals surface area contributed by atoms with Gasteiger partial charge in [0.25, 0.3) is 11.5 Å². The van der Waals surface area contributed by atoms with Crippen molar-refractivity contribution in [1.82, 2.24) is 20.1 Å². The zero-order valence-corrected chi connectivity index (χ0v) is 13.3. The number of anilines is 2. The molecular weight excluding hydrogens is 310 g/mol. The molecule has 1 aliphatic heterocycles. The van der Waals surface area contributed by atoms with Crippen LogP contribution in [0.3, 0.4) is 0 Å². The van der Waals surface area contributed by atoms with Crippen LogP contribution in [0.2, 0.25) is 0 Å². The Bertz CT molecular complexity index is 786. The number of amides is 1. The molecule has 8 heteroatoms. The van der Waals surface area contributed by atoms with Crippen molar-refractivity contribution in [2.75, 3.05) is 18.1 Å². The van der Waals surface area contributed by atoms with Gasteiger partial charge in [-0.25, -0.2) is 0 Å². The maximum absolute atomic E-state index is 12.5. The zero-order valence-electron chi connectivity index (χ0n) is 13.3. The summed E-state index contributed by atoms with van der Waals surface area (Å²) in [5.41, 5.74) is 0.199. The number of nitrogens with zero attached hydrogens (tertiary/aromatic N) is 4. The smallest absolute Gasteiger partial charge is 0.286 e. The molecule has 2 heterocycles. The van der Waals surface area contributed by atoms with Crippen LogP contribution in [0.25, 0.3) is 0 Å². The fourth-order valence-corrected chi connectivity index (χ4v) is 2.64. The molecule has 2 aromatic rings. The molecule has 126 valence electrons. The second-order valence-corrected chi connectivity index (χ2v) is 5.55. The third-order valence-corrected chi connectivity index (χ3v) is 4.05. The van der Waals surface area contributed by atoms with Crippen molar-refractivity contribution in [3.05, 3.63) is 46.4 Å². The minimum atomic E-state index is -0.609. The monoisotopic (exact) mass is 329 g/mol. The number of aliphatic hydroxyl groups is 1. The highest BCUT2D eigenvalue weighted by atomic mass is 16.3. The van der Waals surface area contributed by atoms with Crippen molar-refractivity contribution >= 4 is 17.5 Å². The van der Waals surface area contributed by atoms with Gasteiger partial charge in [-0.2, -0.15) is 0 Å². The van der Waals surface area contributed by atoms with E-state index in [0.717, 1.165) is 5.69 Å². The van der Waals surface area contributed by atoms with E-state index in [4.69, 9.17) is 5.11 Å². The minimum Gasteiger partial charge on any atom is -0.394 e. The number of para-hydroxylation sites is 1. The van der Waals surface area contributed by atoms with Gasteiger partial charge in [-0.15, -0.1) is 10.2 Å². The summed E-state index contributed by atoms with van der Waals surface area (Å²) >= 11 is 0. The summed E-state index contributed by atoms with van der Waals surface area (Å²) in [7, 11) is 0. The van der Waals surface area contributed by atoms with Crippen LogP contribution in [0, 0.1) is 0 Å². The summed E-state index contributed by atoms with van der Waals surface area (Å²) in [5, 5.41) is 19.7. The van der Waals surface area contributed by atoms with Crippen molar-refractivity contribution in [3.8, 4) is 0 Å². The highest BCUT2D eigenvalue weighted by Crippen LogP contribution is 2.25. The van der Waals surface area contributed by atoms with Crippen LogP contribution in [-0.2, 0) is 6.54 Å². The lowest BCUT2D eigenvalue weighted by Crippen LogP contribution is -2.41. The lowest BCUT2D eigenvalue weighted by atomic mass is 10.2. The second-order valence-electron chi connectivity index (χ2n) is 5.55. The molecule has 0 radical (unpaired) electrons. The molecular formula is C16H19N5O3. The number of hydrogen-bond acceptors (Lipinski definition) is 6. The Morgan fingerprint density at radius 1 is 1.29 bits per heavy atom. The van der Waals surface area contributed by atoms with Gasteiger partial charge in [0.15, 0.2) is 0 Å². The normalized spacial score (nSPS) is 14.3. The first-order valence-electron chi connectivity index (χ1n) is 7.87. The van der Waals surface area contributed by atoms with Gasteiger partial charge in [-0.3, -0.25) is 14.2 Å². The number of fused-ring (bicyclic) bond motifs is 1. The van der Waals surface area contributed by atoms with Crippen LogP contribution in [-0.4, -0.2) is 45.0 Å². The third kappa shape index (κ3) is 2.88. The maximum atomic E-state index is 12.5. The number of benzene rings is 1. The minimum absolute atomic E-state index is 0.191. The summed E-state index contributed by atoms with van der Waals surface area (Å²) in [5.74, 6) is -0.182. The van der Waals surface area contributed by atoms with E-state index in [-0.39, 0.29) is 12.3 Å². The average molecular weight is 329 g/mol. The molecule has 24 heavy (non-hydrogen) atoms. The maximum Gasteiger partial charge on any atom is 0.286 e. The fourth-order valence-electron chi connectivity index (χ4n) is 2.64. The summed E-state index contributed by atoms with van der Waals surface area (Å²) in [6.45, 7) is 2.67. The van der Waals surface area contributed by atoms with Gasteiger partial charge in [-0.1, -0.05) is 25.1 Å². The van der Waals surface area contributed by atoms with Crippen LogP contribution < -0.4 is 15.8 Å². The predicted molar refractivity (Wildman–Crippen MR) is 88.4 cm³/mol. The molecule has 1 aromatic heterocycles. The highest BCUT2D eigenvalue weighted by Gasteiger charge is 2.27. The first kappa shape index (κ1) is 16.1. The Balaban J connectivity index is 1.90. The summed E-state index contributed by atoms with van der Waals surface area (Å²) < 4.78 is 1.45. The quantitative estimate of drug-likeness (QED) is 0.818. The zero-order chi connectivity index (χ0) is 17.1. The molecule has 0 saturated carbocycles. The molecule has 8 nitrogen and oxygen atoms in total. The molecule has 1 aromatic carbocycles. The lowest BCUT2D eigenvalue weighted by Gasteiger charge is -2.17. The Morgan fingerprint density at radius 3 is 2.71 bits per heavy atom. The van der Waals surface area contributed by atoms with Crippen LogP contribution in [0.4, 0.5) is 11.6 Å². The second kappa shape index (κ2) is 6.79. The van der Waals surface area contributed by atoms with Crippen molar-refractivity contribution in [2.45, 2.75) is 25.9 Å². The van der Waals surface area contributed by atoms with E-state index >= 15 is 0 Å².